The second kappa shape index (κ2) is 5.38. The highest BCUT2D eigenvalue weighted by atomic mass is 32.1. The summed E-state index contributed by atoms with van der Waals surface area (Å²) < 4.78 is 41.8. The number of carbonyl (C=O) groups is 1. The Hall–Kier alpha value is -2.27. The van der Waals surface area contributed by atoms with Gasteiger partial charge in [-0.3, -0.25) is 16.0 Å². The van der Waals surface area contributed by atoms with E-state index in [2.05, 4.69) is 20.1 Å². The van der Waals surface area contributed by atoms with E-state index in [1.807, 2.05) is 5.43 Å². The number of halogens is 3. The Morgan fingerprint density at radius 2 is 2.10 bits per heavy atom. The first kappa shape index (κ1) is 14.1. The Bertz CT molecular complexity index is 615. The molecule has 4 N–H and O–H groups in total. The van der Waals surface area contributed by atoms with E-state index in [0.29, 0.717) is 6.07 Å². The third kappa shape index (κ3) is 3.00. The summed E-state index contributed by atoms with van der Waals surface area (Å²) in [5, 5.41) is 9.07. The monoisotopic (exact) mass is 304 g/mol. The molecule has 0 atom stereocenters. The van der Waals surface area contributed by atoms with Crippen LogP contribution >= 0.6 is 11.5 Å². The molecule has 2 rings (SSSR count). The molecule has 0 aliphatic heterocycles. The molecular formula is C9H7F3N6OS. The van der Waals surface area contributed by atoms with Crippen LogP contribution in [0.2, 0.25) is 0 Å². The normalized spacial score (nSPS) is 11.2. The SMILES string of the molecule is NNc1ccc(C(=O)Nc2nnns2)cc1C(F)(F)F. The van der Waals surface area contributed by atoms with E-state index in [4.69, 9.17) is 5.84 Å². The van der Waals surface area contributed by atoms with Gasteiger partial charge in [0.1, 0.15) is 0 Å². The van der Waals surface area contributed by atoms with Crippen LogP contribution < -0.4 is 16.6 Å². The smallest absolute Gasteiger partial charge is 0.324 e. The fourth-order valence-corrected chi connectivity index (χ4v) is 1.76. The summed E-state index contributed by atoms with van der Waals surface area (Å²) in [6, 6.07) is 2.96. The molecule has 20 heavy (non-hydrogen) atoms. The fraction of sp³-hybridized carbons (Fsp3) is 0.111. The molecular weight excluding hydrogens is 297 g/mol. The van der Waals surface area contributed by atoms with Crippen molar-refractivity contribution in [3.63, 3.8) is 0 Å². The number of hydrogen-bond donors (Lipinski definition) is 3. The number of nitrogens with zero attached hydrogens (tertiary/aromatic N) is 3. The number of nitrogens with one attached hydrogen (secondary N) is 2. The van der Waals surface area contributed by atoms with Crippen molar-refractivity contribution in [1.82, 2.24) is 14.8 Å². The summed E-state index contributed by atoms with van der Waals surface area (Å²) in [5.41, 5.74) is 0.377. The second-order valence-corrected chi connectivity index (χ2v) is 4.26. The van der Waals surface area contributed by atoms with Gasteiger partial charge in [-0.15, -0.1) is 0 Å². The largest absolute Gasteiger partial charge is 0.418 e. The number of hydrogen-bond acceptors (Lipinski definition) is 7. The second-order valence-electron chi connectivity index (χ2n) is 3.52. The maximum Gasteiger partial charge on any atom is 0.418 e. The van der Waals surface area contributed by atoms with Gasteiger partial charge in [-0.25, -0.2) is 0 Å². The van der Waals surface area contributed by atoms with E-state index < -0.39 is 17.6 Å². The zero-order valence-electron chi connectivity index (χ0n) is 9.60. The average Bonchev–Trinajstić information content (AvgIpc) is 2.89. The number of carbonyl (C=O) groups excluding carboxylic acids is 1. The number of alkyl halides is 3. The van der Waals surface area contributed by atoms with Gasteiger partial charge >= 0.3 is 6.18 Å². The number of anilines is 2. The number of nitrogens with two attached hydrogens (primary N) is 1. The minimum atomic E-state index is -4.64. The molecule has 7 nitrogen and oxygen atoms in total. The Morgan fingerprint density at radius 1 is 1.35 bits per heavy atom. The quantitative estimate of drug-likeness (QED) is 0.586. The Kier molecular flexibility index (Phi) is 3.81. The first-order valence-electron chi connectivity index (χ1n) is 5.06. The first-order chi connectivity index (χ1) is 9.41. The van der Waals surface area contributed by atoms with Crippen molar-refractivity contribution < 1.29 is 18.0 Å². The van der Waals surface area contributed by atoms with Crippen molar-refractivity contribution in [1.29, 1.82) is 0 Å². The van der Waals surface area contributed by atoms with Crippen molar-refractivity contribution in [2.24, 2.45) is 5.84 Å². The number of rotatable bonds is 3. The fourth-order valence-electron chi connectivity index (χ4n) is 1.40. The number of benzene rings is 1. The van der Waals surface area contributed by atoms with Gasteiger partial charge in [0.2, 0.25) is 5.13 Å². The summed E-state index contributed by atoms with van der Waals surface area (Å²) in [5.74, 6) is 4.26. The highest BCUT2D eigenvalue weighted by Crippen LogP contribution is 2.35. The van der Waals surface area contributed by atoms with E-state index >= 15 is 0 Å². The Balaban J connectivity index is 2.31. The molecule has 1 aromatic heterocycles. The zero-order valence-corrected chi connectivity index (χ0v) is 10.4. The maximum absolute atomic E-state index is 12.8. The molecule has 106 valence electrons. The topological polar surface area (TPSA) is 106 Å². The minimum absolute atomic E-state index is 0.0876. The van der Waals surface area contributed by atoms with E-state index in [1.54, 1.807) is 0 Å². The molecule has 0 spiro atoms. The van der Waals surface area contributed by atoms with Gasteiger partial charge in [-0.1, -0.05) is 9.59 Å². The van der Waals surface area contributed by atoms with Crippen LogP contribution in [-0.2, 0) is 6.18 Å². The number of amides is 1. The van der Waals surface area contributed by atoms with Gasteiger partial charge < -0.3 is 5.43 Å². The molecule has 0 unspecified atom stereocenters. The lowest BCUT2D eigenvalue weighted by Crippen LogP contribution is -2.18. The van der Waals surface area contributed by atoms with Gasteiger partial charge in [-0.05, 0) is 23.4 Å². The molecule has 2 aromatic rings. The number of hydrazine groups is 1. The summed E-state index contributed by atoms with van der Waals surface area (Å²) in [6.07, 6.45) is -4.64. The summed E-state index contributed by atoms with van der Waals surface area (Å²) in [6.45, 7) is 0. The predicted molar refractivity (Wildman–Crippen MR) is 64.9 cm³/mol. The van der Waals surface area contributed by atoms with E-state index in [1.165, 1.54) is 6.07 Å². The van der Waals surface area contributed by atoms with Crippen LogP contribution in [0.4, 0.5) is 24.0 Å². The van der Waals surface area contributed by atoms with Gasteiger partial charge in [0.05, 0.1) is 11.3 Å². The Labute approximate surface area is 114 Å². The van der Waals surface area contributed by atoms with E-state index in [0.717, 1.165) is 17.6 Å². The molecule has 0 radical (unpaired) electrons. The third-order valence-corrected chi connectivity index (χ3v) is 2.77. The Morgan fingerprint density at radius 3 is 2.65 bits per heavy atom. The number of aromatic nitrogens is 3. The van der Waals surface area contributed by atoms with Crippen LogP contribution in [0, 0.1) is 0 Å². The van der Waals surface area contributed by atoms with Gasteiger partial charge in [-0.2, -0.15) is 13.2 Å². The third-order valence-electron chi connectivity index (χ3n) is 2.26. The lowest BCUT2D eigenvalue weighted by atomic mass is 10.1. The van der Waals surface area contributed by atoms with Gasteiger partial charge in [0, 0.05) is 17.1 Å². The zero-order chi connectivity index (χ0) is 14.8. The highest BCUT2D eigenvalue weighted by Gasteiger charge is 2.34. The standard InChI is InChI=1S/C9H7F3N6OS/c10-9(11,12)5-3-4(1-2-6(5)15-13)7(19)14-8-16-17-18-20-8/h1-3,15H,13H2,(H,14,16,18,19). The van der Waals surface area contributed by atoms with E-state index in [9.17, 15) is 18.0 Å². The van der Waals surface area contributed by atoms with Crippen LogP contribution in [0.3, 0.4) is 0 Å². The highest BCUT2D eigenvalue weighted by molar-refractivity contribution is 7.09. The predicted octanol–water partition coefficient (Wildman–Crippen LogP) is 1.49. The van der Waals surface area contributed by atoms with Gasteiger partial charge in [0.15, 0.2) is 0 Å². The maximum atomic E-state index is 12.8. The molecule has 0 aliphatic carbocycles. The van der Waals surface area contributed by atoms with Crippen molar-refractivity contribution in [3.05, 3.63) is 29.3 Å². The van der Waals surface area contributed by atoms with Crippen molar-refractivity contribution in [2.45, 2.75) is 6.18 Å². The van der Waals surface area contributed by atoms with Crippen molar-refractivity contribution >= 4 is 28.3 Å². The van der Waals surface area contributed by atoms with Crippen LogP contribution in [0.15, 0.2) is 18.2 Å². The van der Waals surface area contributed by atoms with Crippen molar-refractivity contribution in [2.75, 3.05) is 10.7 Å². The molecule has 1 aromatic carbocycles. The summed E-state index contributed by atoms with van der Waals surface area (Å²) in [4.78, 5) is 11.8. The van der Waals surface area contributed by atoms with Crippen LogP contribution in [-0.4, -0.2) is 20.7 Å². The summed E-state index contributed by atoms with van der Waals surface area (Å²) >= 11 is 0.805. The molecule has 1 amide bonds. The van der Waals surface area contributed by atoms with Crippen LogP contribution in [0.25, 0.3) is 0 Å². The van der Waals surface area contributed by atoms with Crippen LogP contribution in [0.5, 0.6) is 0 Å². The number of nitrogen functional groups attached to an aromatic ring is 1. The molecule has 0 fully saturated rings. The lowest BCUT2D eigenvalue weighted by Gasteiger charge is -2.13. The first-order valence-corrected chi connectivity index (χ1v) is 5.83. The molecule has 0 bridgehead atoms. The lowest BCUT2D eigenvalue weighted by molar-refractivity contribution is -0.137. The minimum Gasteiger partial charge on any atom is -0.324 e. The average molecular weight is 304 g/mol. The molecule has 0 saturated heterocycles. The van der Waals surface area contributed by atoms with Gasteiger partial charge in [0.25, 0.3) is 5.91 Å². The molecule has 11 heteroatoms. The molecule has 0 aliphatic rings. The molecule has 1 heterocycles. The van der Waals surface area contributed by atoms with E-state index in [-0.39, 0.29) is 16.4 Å². The van der Waals surface area contributed by atoms with Crippen LogP contribution in [0.1, 0.15) is 15.9 Å². The molecule has 0 saturated carbocycles. The van der Waals surface area contributed by atoms with Crippen molar-refractivity contribution in [3.8, 4) is 0 Å². The summed E-state index contributed by atoms with van der Waals surface area (Å²) in [7, 11) is 0.